The lowest BCUT2D eigenvalue weighted by atomic mass is 10.0. The van der Waals surface area contributed by atoms with Crippen LogP contribution in [0.15, 0.2) is 24.3 Å². The van der Waals surface area contributed by atoms with Gasteiger partial charge in [-0.15, -0.1) is 3.89 Å². The highest BCUT2D eigenvalue weighted by Gasteiger charge is 2.30. The van der Waals surface area contributed by atoms with Crippen LogP contribution in [0.25, 0.3) is 0 Å². The molecule has 0 N–H and O–H groups in total. The third kappa shape index (κ3) is 4.33. The minimum atomic E-state index is -4.63. The number of benzene rings is 1. The second kappa shape index (κ2) is 4.64. The topological polar surface area (TPSA) is 34.1 Å². The van der Waals surface area contributed by atoms with E-state index in [-0.39, 0.29) is 0 Å². The van der Waals surface area contributed by atoms with Gasteiger partial charge in [-0.3, -0.25) is 0 Å². The van der Waals surface area contributed by atoms with Crippen molar-refractivity contribution in [2.24, 2.45) is 0 Å². The van der Waals surface area contributed by atoms with Gasteiger partial charge in [0.2, 0.25) is 0 Å². The fourth-order valence-electron chi connectivity index (χ4n) is 1.40. The predicted octanol–water partition coefficient (Wildman–Crippen LogP) is 3.11. The van der Waals surface area contributed by atoms with Gasteiger partial charge in [0.25, 0.3) is 0 Å². The Kier molecular flexibility index (Phi) is 3.81. The molecule has 1 aromatic rings. The minimum absolute atomic E-state index is 0.347. The lowest BCUT2D eigenvalue weighted by molar-refractivity contribution is -0.137. The van der Waals surface area contributed by atoms with Gasteiger partial charge >= 0.3 is 16.4 Å². The summed E-state index contributed by atoms with van der Waals surface area (Å²) in [5.74, 6) is -1.43. The van der Waals surface area contributed by atoms with Crippen molar-refractivity contribution in [1.29, 1.82) is 0 Å². The molecule has 96 valence electrons. The Balaban J connectivity index is 2.88. The summed E-state index contributed by atoms with van der Waals surface area (Å²) < 4.78 is 69.9. The predicted molar refractivity (Wildman–Crippen MR) is 54.8 cm³/mol. The van der Waals surface area contributed by atoms with Crippen LogP contribution in [-0.4, -0.2) is 14.2 Å². The van der Waals surface area contributed by atoms with E-state index in [1.807, 2.05) is 0 Å². The SMILES string of the molecule is CC(CS(=O)(=O)F)c1ccc(C(F)(F)F)cc1. The molecule has 1 unspecified atom stereocenters. The van der Waals surface area contributed by atoms with Gasteiger partial charge in [-0.05, 0) is 23.6 Å². The number of alkyl halides is 3. The van der Waals surface area contributed by atoms with E-state index < -0.39 is 33.6 Å². The van der Waals surface area contributed by atoms with E-state index in [2.05, 4.69) is 0 Å². The Labute approximate surface area is 96.5 Å². The van der Waals surface area contributed by atoms with E-state index >= 15 is 0 Å². The first-order chi connectivity index (χ1) is 7.59. The van der Waals surface area contributed by atoms with Gasteiger partial charge in [0.15, 0.2) is 0 Å². The monoisotopic (exact) mass is 270 g/mol. The Morgan fingerprint density at radius 1 is 1.18 bits per heavy atom. The molecule has 0 aromatic heterocycles. The van der Waals surface area contributed by atoms with Crippen LogP contribution in [0.5, 0.6) is 0 Å². The second-order valence-electron chi connectivity index (χ2n) is 3.73. The van der Waals surface area contributed by atoms with Gasteiger partial charge in [0, 0.05) is 0 Å². The number of hydrogen-bond donors (Lipinski definition) is 0. The number of rotatable bonds is 3. The molecule has 0 heterocycles. The van der Waals surface area contributed by atoms with Crippen LogP contribution >= 0.6 is 0 Å². The molecule has 0 fully saturated rings. The molecule has 17 heavy (non-hydrogen) atoms. The van der Waals surface area contributed by atoms with Gasteiger partial charge in [0.05, 0.1) is 11.3 Å². The van der Waals surface area contributed by atoms with Crippen molar-refractivity contribution in [2.75, 3.05) is 5.75 Å². The van der Waals surface area contributed by atoms with Gasteiger partial charge in [0.1, 0.15) is 0 Å². The van der Waals surface area contributed by atoms with E-state index in [4.69, 9.17) is 0 Å². The molecule has 0 saturated heterocycles. The Bertz CT molecular complexity index is 476. The smallest absolute Gasteiger partial charge is 0.195 e. The maximum atomic E-state index is 12.4. The summed E-state index contributed by atoms with van der Waals surface area (Å²) in [5, 5.41) is 0. The molecule has 2 nitrogen and oxygen atoms in total. The van der Waals surface area contributed by atoms with Crippen molar-refractivity contribution in [3.05, 3.63) is 35.4 Å². The average Bonchev–Trinajstić information content (AvgIpc) is 2.14. The van der Waals surface area contributed by atoms with Crippen molar-refractivity contribution >= 4 is 10.2 Å². The van der Waals surface area contributed by atoms with Gasteiger partial charge < -0.3 is 0 Å². The van der Waals surface area contributed by atoms with E-state index in [0.29, 0.717) is 5.56 Å². The van der Waals surface area contributed by atoms with Crippen molar-refractivity contribution in [3.8, 4) is 0 Å². The molecule has 0 spiro atoms. The summed E-state index contributed by atoms with van der Waals surface area (Å²) in [6.07, 6.45) is -4.44. The normalized spacial score (nSPS) is 14.6. The zero-order valence-corrected chi connectivity index (χ0v) is 9.65. The van der Waals surface area contributed by atoms with Crippen LogP contribution in [0.4, 0.5) is 17.1 Å². The Morgan fingerprint density at radius 2 is 1.65 bits per heavy atom. The summed E-state index contributed by atoms with van der Waals surface area (Å²) in [5.41, 5.74) is -0.476. The van der Waals surface area contributed by atoms with E-state index in [1.165, 1.54) is 6.92 Å². The summed E-state index contributed by atoms with van der Waals surface area (Å²) >= 11 is 0. The molecule has 0 saturated carbocycles. The van der Waals surface area contributed by atoms with Crippen molar-refractivity contribution in [1.82, 2.24) is 0 Å². The van der Waals surface area contributed by atoms with E-state index in [9.17, 15) is 25.5 Å². The molecule has 0 bridgehead atoms. The Morgan fingerprint density at radius 3 is 2.00 bits per heavy atom. The molecule has 7 heteroatoms. The highest BCUT2D eigenvalue weighted by molar-refractivity contribution is 7.86. The van der Waals surface area contributed by atoms with Crippen LogP contribution in [0.1, 0.15) is 24.0 Å². The highest BCUT2D eigenvalue weighted by atomic mass is 32.3. The summed E-state index contributed by atoms with van der Waals surface area (Å²) in [4.78, 5) is 0. The summed E-state index contributed by atoms with van der Waals surface area (Å²) in [7, 11) is -4.63. The zero-order chi connectivity index (χ0) is 13.3. The molecule has 1 aromatic carbocycles. The van der Waals surface area contributed by atoms with E-state index in [0.717, 1.165) is 24.3 Å². The fourth-order valence-corrected chi connectivity index (χ4v) is 2.19. The molecular weight excluding hydrogens is 260 g/mol. The highest BCUT2D eigenvalue weighted by Crippen LogP contribution is 2.30. The van der Waals surface area contributed by atoms with E-state index in [1.54, 1.807) is 0 Å². The van der Waals surface area contributed by atoms with Crippen molar-refractivity contribution in [3.63, 3.8) is 0 Å². The fraction of sp³-hybridized carbons (Fsp3) is 0.400. The quantitative estimate of drug-likeness (QED) is 0.624. The maximum Gasteiger partial charge on any atom is 0.416 e. The molecule has 1 atom stereocenters. The van der Waals surface area contributed by atoms with Crippen LogP contribution in [0.3, 0.4) is 0 Å². The lowest BCUT2D eigenvalue weighted by Gasteiger charge is -2.11. The van der Waals surface area contributed by atoms with Crippen LogP contribution < -0.4 is 0 Å². The Hall–Kier alpha value is -1.11. The summed E-state index contributed by atoms with van der Waals surface area (Å²) in [6.45, 7) is 1.43. The minimum Gasteiger partial charge on any atom is -0.195 e. The molecule has 0 radical (unpaired) electrons. The molecule has 1 rings (SSSR count). The van der Waals surface area contributed by atoms with Gasteiger partial charge in [-0.2, -0.15) is 21.6 Å². The van der Waals surface area contributed by atoms with Crippen LogP contribution in [-0.2, 0) is 16.4 Å². The van der Waals surface area contributed by atoms with Crippen LogP contribution in [0.2, 0.25) is 0 Å². The third-order valence-electron chi connectivity index (χ3n) is 2.26. The van der Waals surface area contributed by atoms with Crippen LogP contribution in [0, 0.1) is 0 Å². The molecule has 0 aliphatic carbocycles. The first-order valence-electron chi connectivity index (χ1n) is 4.69. The largest absolute Gasteiger partial charge is 0.416 e. The molecule has 0 aliphatic heterocycles. The first kappa shape index (κ1) is 14.0. The standard InChI is InChI=1S/C10H10F4O2S/c1-7(6-17(14,15)16)8-2-4-9(5-3-8)10(11,12)13/h2-5,7H,6H2,1H3. The third-order valence-corrected chi connectivity index (χ3v) is 3.15. The maximum absolute atomic E-state index is 12.4. The second-order valence-corrected chi connectivity index (χ2v) is 5.14. The summed E-state index contributed by atoms with van der Waals surface area (Å²) in [6, 6.07) is 3.99. The number of hydrogen-bond acceptors (Lipinski definition) is 2. The van der Waals surface area contributed by atoms with Crippen molar-refractivity contribution in [2.45, 2.75) is 19.0 Å². The molecule has 0 amide bonds. The van der Waals surface area contributed by atoms with Gasteiger partial charge in [-0.1, -0.05) is 19.1 Å². The first-order valence-corrected chi connectivity index (χ1v) is 6.24. The lowest BCUT2D eigenvalue weighted by Crippen LogP contribution is -2.09. The zero-order valence-electron chi connectivity index (χ0n) is 8.83. The number of halogens is 4. The van der Waals surface area contributed by atoms with Gasteiger partial charge in [-0.25, -0.2) is 0 Å². The average molecular weight is 270 g/mol. The molecule has 0 aliphatic rings. The molecular formula is C10H10F4O2S. The van der Waals surface area contributed by atoms with Crippen molar-refractivity contribution < 1.29 is 25.5 Å².